The lowest BCUT2D eigenvalue weighted by molar-refractivity contribution is -0.125. The third-order valence-corrected chi connectivity index (χ3v) is 4.66. The van der Waals surface area contributed by atoms with Gasteiger partial charge in [-0.05, 0) is 57.4 Å². The first-order valence-electron chi connectivity index (χ1n) is 8.66. The standard InChI is InChI=1S/C21H23NO3/c1-14-11-12-17-7-4-5-10-20(17)22(14)21(24)16(3)25-19-9-6-8-18(13-19)15(2)23/h4-10,13-14,16H,11-12H2,1-3H3. The van der Waals surface area contributed by atoms with Crippen LogP contribution in [-0.2, 0) is 11.2 Å². The summed E-state index contributed by atoms with van der Waals surface area (Å²) in [6.07, 6.45) is 1.29. The first-order chi connectivity index (χ1) is 12.0. The number of ether oxygens (including phenoxy) is 1. The third-order valence-electron chi connectivity index (χ3n) is 4.66. The van der Waals surface area contributed by atoms with E-state index in [0.717, 1.165) is 18.5 Å². The Morgan fingerprint density at radius 1 is 1.16 bits per heavy atom. The quantitative estimate of drug-likeness (QED) is 0.792. The molecule has 2 aromatic rings. The van der Waals surface area contributed by atoms with Crippen LogP contribution in [0, 0.1) is 0 Å². The molecular weight excluding hydrogens is 314 g/mol. The van der Waals surface area contributed by atoms with E-state index in [1.807, 2.05) is 23.1 Å². The van der Waals surface area contributed by atoms with E-state index < -0.39 is 6.10 Å². The Kier molecular flexibility index (Phi) is 4.88. The maximum absolute atomic E-state index is 13.0. The molecule has 2 unspecified atom stereocenters. The average Bonchev–Trinajstić information content (AvgIpc) is 2.61. The SMILES string of the molecule is CC(=O)c1cccc(OC(C)C(=O)N2c3ccccc3CCC2C)c1. The van der Waals surface area contributed by atoms with Gasteiger partial charge in [0.1, 0.15) is 5.75 Å². The summed E-state index contributed by atoms with van der Waals surface area (Å²) >= 11 is 0. The number of aryl methyl sites for hydroxylation is 1. The van der Waals surface area contributed by atoms with Gasteiger partial charge in [0.25, 0.3) is 5.91 Å². The van der Waals surface area contributed by atoms with Crippen LogP contribution in [0.25, 0.3) is 0 Å². The molecule has 0 saturated carbocycles. The van der Waals surface area contributed by atoms with E-state index in [1.165, 1.54) is 12.5 Å². The Labute approximate surface area is 148 Å². The maximum Gasteiger partial charge on any atom is 0.268 e. The maximum atomic E-state index is 13.0. The molecule has 0 bridgehead atoms. The fourth-order valence-electron chi connectivity index (χ4n) is 3.26. The van der Waals surface area contributed by atoms with Gasteiger partial charge in [-0.15, -0.1) is 0 Å². The molecular formula is C21H23NO3. The Morgan fingerprint density at radius 2 is 1.92 bits per heavy atom. The number of carbonyl (C=O) groups excluding carboxylic acids is 2. The van der Waals surface area contributed by atoms with Gasteiger partial charge in [0.05, 0.1) is 0 Å². The molecule has 1 aliphatic heterocycles. The van der Waals surface area contributed by atoms with Crippen molar-refractivity contribution < 1.29 is 14.3 Å². The van der Waals surface area contributed by atoms with E-state index in [9.17, 15) is 9.59 Å². The highest BCUT2D eigenvalue weighted by atomic mass is 16.5. The first-order valence-corrected chi connectivity index (χ1v) is 8.66. The minimum Gasteiger partial charge on any atom is -0.481 e. The van der Waals surface area contributed by atoms with Crippen molar-refractivity contribution in [3.8, 4) is 5.75 Å². The summed E-state index contributed by atoms with van der Waals surface area (Å²) in [4.78, 5) is 26.4. The second-order valence-electron chi connectivity index (χ2n) is 6.57. The number of para-hydroxylation sites is 1. The van der Waals surface area contributed by atoms with Crippen molar-refractivity contribution in [2.45, 2.75) is 45.8 Å². The van der Waals surface area contributed by atoms with Crippen molar-refractivity contribution in [1.29, 1.82) is 0 Å². The van der Waals surface area contributed by atoms with Crippen LogP contribution in [0.5, 0.6) is 5.75 Å². The number of Topliss-reactive ketones (excluding diaryl/α,β-unsaturated/α-hetero) is 1. The number of carbonyl (C=O) groups is 2. The third kappa shape index (κ3) is 3.58. The molecule has 4 heteroatoms. The predicted octanol–water partition coefficient (Wildman–Crippen LogP) is 4.02. The van der Waals surface area contributed by atoms with Gasteiger partial charge in [-0.1, -0.05) is 30.3 Å². The van der Waals surface area contributed by atoms with Gasteiger partial charge in [-0.2, -0.15) is 0 Å². The van der Waals surface area contributed by atoms with Crippen molar-refractivity contribution >= 4 is 17.4 Å². The minimum absolute atomic E-state index is 0.0250. The summed E-state index contributed by atoms with van der Waals surface area (Å²) in [5.41, 5.74) is 2.74. The van der Waals surface area contributed by atoms with Gasteiger partial charge in [-0.3, -0.25) is 9.59 Å². The monoisotopic (exact) mass is 337 g/mol. The van der Waals surface area contributed by atoms with Crippen LogP contribution in [0.2, 0.25) is 0 Å². The van der Waals surface area contributed by atoms with Gasteiger partial charge in [0.15, 0.2) is 11.9 Å². The first kappa shape index (κ1) is 17.2. The molecule has 0 aromatic heterocycles. The lowest BCUT2D eigenvalue weighted by Crippen LogP contribution is -2.47. The number of fused-ring (bicyclic) bond motifs is 1. The zero-order valence-electron chi connectivity index (χ0n) is 14.9. The number of rotatable bonds is 4. The summed E-state index contributed by atoms with van der Waals surface area (Å²) in [5, 5.41) is 0. The second-order valence-corrected chi connectivity index (χ2v) is 6.57. The molecule has 0 fully saturated rings. The van der Waals surface area contributed by atoms with Crippen LogP contribution in [0.4, 0.5) is 5.69 Å². The lowest BCUT2D eigenvalue weighted by Gasteiger charge is -2.36. The number of anilines is 1. The van der Waals surface area contributed by atoms with Gasteiger partial charge in [0.2, 0.25) is 0 Å². The normalized spacial score (nSPS) is 17.6. The molecule has 1 amide bonds. The van der Waals surface area contributed by atoms with Gasteiger partial charge in [0, 0.05) is 17.3 Å². The van der Waals surface area contributed by atoms with E-state index in [2.05, 4.69) is 13.0 Å². The number of ketones is 1. The fourth-order valence-corrected chi connectivity index (χ4v) is 3.26. The molecule has 130 valence electrons. The summed E-state index contributed by atoms with van der Waals surface area (Å²) in [7, 11) is 0. The molecule has 2 atom stereocenters. The average molecular weight is 337 g/mol. The number of hydrogen-bond donors (Lipinski definition) is 0. The van der Waals surface area contributed by atoms with Gasteiger partial charge in [-0.25, -0.2) is 0 Å². The van der Waals surface area contributed by atoms with E-state index in [0.29, 0.717) is 11.3 Å². The summed E-state index contributed by atoms with van der Waals surface area (Å²) < 4.78 is 5.84. The number of hydrogen-bond acceptors (Lipinski definition) is 3. The molecule has 0 N–H and O–H groups in total. The van der Waals surface area contributed by atoms with Crippen LogP contribution in [0.3, 0.4) is 0 Å². The van der Waals surface area contributed by atoms with Crippen molar-refractivity contribution in [2.24, 2.45) is 0 Å². The Bertz CT molecular complexity index is 799. The molecule has 1 heterocycles. The van der Waals surface area contributed by atoms with Crippen LogP contribution in [0.1, 0.15) is 43.1 Å². The van der Waals surface area contributed by atoms with E-state index in [1.54, 1.807) is 31.2 Å². The van der Waals surface area contributed by atoms with Crippen molar-refractivity contribution in [2.75, 3.05) is 4.90 Å². The summed E-state index contributed by atoms with van der Waals surface area (Å²) in [5.74, 6) is 0.447. The zero-order valence-corrected chi connectivity index (χ0v) is 14.9. The number of benzene rings is 2. The van der Waals surface area contributed by atoms with Crippen LogP contribution >= 0.6 is 0 Å². The molecule has 0 spiro atoms. The highest BCUT2D eigenvalue weighted by Gasteiger charge is 2.31. The molecule has 0 radical (unpaired) electrons. The largest absolute Gasteiger partial charge is 0.481 e. The van der Waals surface area contributed by atoms with Crippen LogP contribution in [0.15, 0.2) is 48.5 Å². The van der Waals surface area contributed by atoms with E-state index in [4.69, 9.17) is 4.74 Å². The topological polar surface area (TPSA) is 46.6 Å². The van der Waals surface area contributed by atoms with Gasteiger partial charge >= 0.3 is 0 Å². The van der Waals surface area contributed by atoms with Crippen molar-refractivity contribution in [3.05, 3.63) is 59.7 Å². The summed E-state index contributed by atoms with van der Waals surface area (Å²) in [6, 6.07) is 15.1. The highest BCUT2D eigenvalue weighted by molar-refractivity contribution is 5.98. The summed E-state index contributed by atoms with van der Waals surface area (Å²) in [6.45, 7) is 5.34. The number of nitrogens with zero attached hydrogens (tertiary/aromatic N) is 1. The number of amides is 1. The second kappa shape index (κ2) is 7.09. The smallest absolute Gasteiger partial charge is 0.268 e. The molecule has 0 aliphatic carbocycles. The predicted molar refractivity (Wildman–Crippen MR) is 98.2 cm³/mol. The molecule has 25 heavy (non-hydrogen) atoms. The van der Waals surface area contributed by atoms with Crippen LogP contribution in [-0.4, -0.2) is 23.8 Å². The fraction of sp³-hybridized carbons (Fsp3) is 0.333. The molecule has 1 aliphatic rings. The van der Waals surface area contributed by atoms with E-state index in [-0.39, 0.29) is 17.7 Å². The highest BCUT2D eigenvalue weighted by Crippen LogP contribution is 2.31. The Morgan fingerprint density at radius 3 is 2.68 bits per heavy atom. The molecule has 0 saturated heterocycles. The van der Waals surface area contributed by atoms with Gasteiger partial charge < -0.3 is 9.64 Å². The molecule has 2 aromatic carbocycles. The molecule has 3 rings (SSSR count). The zero-order chi connectivity index (χ0) is 18.0. The van der Waals surface area contributed by atoms with Crippen molar-refractivity contribution in [3.63, 3.8) is 0 Å². The Hall–Kier alpha value is -2.62. The Balaban J connectivity index is 1.81. The lowest BCUT2D eigenvalue weighted by atomic mass is 9.96. The van der Waals surface area contributed by atoms with E-state index >= 15 is 0 Å². The molecule has 4 nitrogen and oxygen atoms in total. The minimum atomic E-state index is -0.629. The van der Waals surface area contributed by atoms with Crippen LogP contribution < -0.4 is 9.64 Å². The van der Waals surface area contributed by atoms with Crippen molar-refractivity contribution in [1.82, 2.24) is 0 Å².